The summed E-state index contributed by atoms with van der Waals surface area (Å²) in [6.45, 7) is 2.79. The Bertz CT molecular complexity index is 647. The fourth-order valence-corrected chi connectivity index (χ4v) is 2.37. The van der Waals surface area contributed by atoms with Gasteiger partial charge in [-0.3, -0.25) is 10.1 Å². The highest BCUT2D eigenvalue weighted by molar-refractivity contribution is 5.67. The number of aromatic nitrogens is 2. The maximum absolute atomic E-state index is 11.1. The van der Waals surface area contributed by atoms with E-state index in [0.29, 0.717) is 11.4 Å². The van der Waals surface area contributed by atoms with Crippen LogP contribution >= 0.6 is 0 Å². The molecule has 1 saturated heterocycles. The monoisotopic (exact) mass is 274 g/mol. The first kappa shape index (κ1) is 12.7. The van der Waals surface area contributed by atoms with Gasteiger partial charge in [-0.1, -0.05) is 11.2 Å². The Labute approximate surface area is 115 Å². The molecule has 0 amide bonds. The summed E-state index contributed by atoms with van der Waals surface area (Å²) in [5, 5.41) is 18.3. The lowest BCUT2D eigenvalue weighted by Crippen LogP contribution is -2.14. The van der Waals surface area contributed by atoms with E-state index in [1.165, 1.54) is 6.07 Å². The Balaban J connectivity index is 2.00. The van der Waals surface area contributed by atoms with Crippen LogP contribution in [0.1, 0.15) is 30.3 Å². The molecule has 0 saturated carbocycles. The fourth-order valence-electron chi connectivity index (χ4n) is 2.37. The van der Waals surface area contributed by atoms with Gasteiger partial charge in [-0.2, -0.15) is 4.98 Å². The van der Waals surface area contributed by atoms with E-state index in [2.05, 4.69) is 15.5 Å². The molecular formula is C13H14N4O3. The number of nitrogens with one attached hydrogen (secondary N) is 1. The van der Waals surface area contributed by atoms with Crippen molar-refractivity contribution in [3.05, 3.63) is 39.7 Å². The van der Waals surface area contributed by atoms with E-state index in [4.69, 9.17) is 4.52 Å². The molecule has 104 valence electrons. The van der Waals surface area contributed by atoms with Crippen LogP contribution in [0.15, 0.2) is 22.7 Å². The highest BCUT2D eigenvalue weighted by Crippen LogP contribution is 2.31. The van der Waals surface area contributed by atoms with Gasteiger partial charge in [0.1, 0.15) is 5.56 Å². The van der Waals surface area contributed by atoms with Gasteiger partial charge in [-0.05, 0) is 37.9 Å². The van der Waals surface area contributed by atoms with Crippen LogP contribution in [0.4, 0.5) is 5.69 Å². The zero-order valence-corrected chi connectivity index (χ0v) is 11.0. The Morgan fingerprint density at radius 3 is 3.05 bits per heavy atom. The Hall–Kier alpha value is -2.28. The summed E-state index contributed by atoms with van der Waals surface area (Å²) in [5.74, 6) is 0.761. The summed E-state index contributed by atoms with van der Waals surface area (Å²) in [5.41, 5.74) is 1.25. The summed E-state index contributed by atoms with van der Waals surface area (Å²) < 4.78 is 5.20. The van der Waals surface area contributed by atoms with Crippen molar-refractivity contribution in [3.63, 3.8) is 0 Å². The molecule has 2 heterocycles. The summed E-state index contributed by atoms with van der Waals surface area (Å²) in [4.78, 5) is 14.9. The fraction of sp³-hybridized carbons (Fsp3) is 0.385. The largest absolute Gasteiger partial charge is 0.334 e. The highest BCUT2D eigenvalue weighted by Gasteiger charge is 2.25. The van der Waals surface area contributed by atoms with E-state index in [1.807, 2.05) is 6.92 Å². The molecule has 0 spiro atoms. The van der Waals surface area contributed by atoms with Crippen molar-refractivity contribution < 1.29 is 9.45 Å². The number of nitro groups is 1. The summed E-state index contributed by atoms with van der Waals surface area (Å²) in [7, 11) is 0. The molecule has 1 aliphatic heterocycles. The second kappa shape index (κ2) is 5.01. The molecule has 0 radical (unpaired) electrons. The molecule has 20 heavy (non-hydrogen) atoms. The molecule has 3 rings (SSSR count). The minimum atomic E-state index is -0.438. The summed E-state index contributed by atoms with van der Waals surface area (Å²) in [6.07, 6.45) is 2.02. The van der Waals surface area contributed by atoms with Gasteiger partial charge in [0.05, 0.1) is 11.0 Å². The lowest BCUT2D eigenvalue weighted by Gasteiger charge is -2.02. The van der Waals surface area contributed by atoms with Gasteiger partial charge >= 0.3 is 0 Å². The van der Waals surface area contributed by atoms with Gasteiger partial charge in [0, 0.05) is 6.07 Å². The topological polar surface area (TPSA) is 94.1 Å². The van der Waals surface area contributed by atoms with E-state index in [9.17, 15) is 10.1 Å². The quantitative estimate of drug-likeness (QED) is 0.682. The van der Waals surface area contributed by atoms with Crippen LogP contribution in [0.25, 0.3) is 11.5 Å². The molecule has 7 nitrogen and oxygen atoms in total. The van der Waals surface area contributed by atoms with Gasteiger partial charge in [-0.25, -0.2) is 0 Å². The van der Waals surface area contributed by atoms with Gasteiger partial charge in [-0.15, -0.1) is 0 Å². The van der Waals surface area contributed by atoms with Crippen molar-refractivity contribution in [2.75, 3.05) is 6.54 Å². The van der Waals surface area contributed by atoms with E-state index in [-0.39, 0.29) is 17.6 Å². The minimum Gasteiger partial charge on any atom is -0.334 e. The van der Waals surface area contributed by atoms with Gasteiger partial charge in [0.25, 0.3) is 11.6 Å². The molecular weight excluding hydrogens is 260 g/mol. The number of benzene rings is 1. The smallest absolute Gasteiger partial charge is 0.282 e. The zero-order valence-electron chi connectivity index (χ0n) is 11.0. The van der Waals surface area contributed by atoms with Crippen molar-refractivity contribution in [2.45, 2.75) is 25.8 Å². The van der Waals surface area contributed by atoms with E-state index in [0.717, 1.165) is 24.9 Å². The van der Waals surface area contributed by atoms with Gasteiger partial charge < -0.3 is 9.84 Å². The van der Waals surface area contributed by atoms with Gasteiger partial charge in [0.15, 0.2) is 5.82 Å². The van der Waals surface area contributed by atoms with E-state index < -0.39 is 4.92 Å². The van der Waals surface area contributed by atoms with Crippen LogP contribution in [0.5, 0.6) is 0 Å². The standard InChI is InChI=1S/C13H14N4O3/c1-8-4-5-11(17(18)19)9(7-8)13-15-12(16-20-13)10-3-2-6-14-10/h4-5,7,10,14H,2-3,6H2,1H3. The lowest BCUT2D eigenvalue weighted by molar-refractivity contribution is -0.384. The second-order valence-electron chi connectivity index (χ2n) is 4.88. The van der Waals surface area contributed by atoms with Crippen molar-refractivity contribution in [1.29, 1.82) is 0 Å². The summed E-state index contributed by atoms with van der Waals surface area (Å²) in [6, 6.07) is 4.92. The zero-order chi connectivity index (χ0) is 14.1. The van der Waals surface area contributed by atoms with Crippen LogP contribution in [-0.2, 0) is 0 Å². The molecule has 1 aromatic carbocycles. The number of nitrogens with zero attached hydrogens (tertiary/aromatic N) is 3. The van der Waals surface area contributed by atoms with Crippen molar-refractivity contribution in [2.24, 2.45) is 0 Å². The number of aryl methyl sites for hydroxylation is 1. The molecule has 1 fully saturated rings. The predicted molar refractivity (Wildman–Crippen MR) is 71.1 cm³/mol. The maximum atomic E-state index is 11.1. The average Bonchev–Trinajstić information content (AvgIpc) is 3.09. The van der Waals surface area contributed by atoms with Crippen molar-refractivity contribution in [3.8, 4) is 11.5 Å². The molecule has 0 aliphatic carbocycles. The van der Waals surface area contributed by atoms with Crippen LogP contribution in [-0.4, -0.2) is 21.6 Å². The Morgan fingerprint density at radius 2 is 2.35 bits per heavy atom. The first-order valence-corrected chi connectivity index (χ1v) is 6.47. The lowest BCUT2D eigenvalue weighted by atomic mass is 10.1. The third-order valence-corrected chi connectivity index (χ3v) is 3.39. The van der Waals surface area contributed by atoms with Crippen molar-refractivity contribution in [1.82, 2.24) is 15.5 Å². The molecule has 1 atom stereocenters. The molecule has 1 aromatic heterocycles. The molecule has 0 bridgehead atoms. The maximum Gasteiger partial charge on any atom is 0.282 e. The number of hydrogen-bond acceptors (Lipinski definition) is 6. The number of rotatable bonds is 3. The van der Waals surface area contributed by atoms with Gasteiger partial charge in [0.2, 0.25) is 0 Å². The Morgan fingerprint density at radius 1 is 1.50 bits per heavy atom. The molecule has 7 heteroatoms. The predicted octanol–water partition coefficient (Wildman–Crippen LogP) is 2.38. The molecule has 1 unspecified atom stereocenters. The minimum absolute atomic E-state index is 0.0230. The number of nitro benzene ring substituents is 1. The second-order valence-corrected chi connectivity index (χ2v) is 4.88. The molecule has 1 N–H and O–H groups in total. The molecule has 1 aliphatic rings. The first-order chi connectivity index (χ1) is 9.65. The van der Waals surface area contributed by atoms with E-state index in [1.54, 1.807) is 12.1 Å². The summed E-state index contributed by atoms with van der Waals surface area (Å²) >= 11 is 0. The third kappa shape index (κ3) is 2.27. The molecule has 2 aromatic rings. The third-order valence-electron chi connectivity index (χ3n) is 3.39. The SMILES string of the molecule is Cc1ccc([N+](=O)[O-])c(-c2nc(C3CCCN3)no2)c1. The van der Waals surface area contributed by atoms with Crippen LogP contribution in [0, 0.1) is 17.0 Å². The van der Waals surface area contributed by atoms with Crippen LogP contribution in [0.2, 0.25) is 0 Å². The first-order valence-electron chi connectivity index (χ1n) is 6.47. The van der Waals surface area contributed by atoms with Crippen molar-refractivity contribution >= 4 is 5.69 Å². The van der Waals surface area contributed by atoms with Crippen LogP contribution in [0.3, 0.4) is 0 Å². The van der Waals surface area contributed by atoms with E-state index >= 15 is 0 Å². The Kier molecular flexibility index (Phi) is 3.19. The normalized spacial score (nSPS) is 18.4. The number of hydrogen-bond donors (Lipinski definition) is 1. The average molecular weight is 274 g/mol. The van der Waals surface area contributed by atoms with Crippen LogP contribution < -0.4 is 5.32 Å². The highest BCUT2D eigenvalue weighted by atomic mass is 16.6.